The van der Waals surface area contributed by atoms with Crippen LogP contribution >= 0.6 is 15.9 Å². The fourth-order valence-electron chi connectivity index (χ4n) is 1.64. The molecule has 0 heterocycles. The summed E-state index contributed by atoms with van der Waals surface area (Å²) >= 11 is 3.07. The van der Waals surface area contributed by atoms with Crippen molar-refractivity contribution < 1.29 is 13.5 Å². The molecule has 0 aliphatic carbocycles. The van der Waals surface area contributed by atoms with Crippen LogP contribution in [-0.2, 0) is 0 Å². The molecule has 1 atom stereocenters. The summed E-state index contributed by atoms with van der Waals surface area (Å²) in [5.74, 6) is -0.359. The Balaban J connectivity index is 2.18. The van der Waals surface area contributed by atoms with Crippen molar-refractivity contribution in [2.24, 2.45) is 5.73 Å². The number of nitrogens with two attached hydrogens (primary N) is 1. The second kappa shape index (κ2) is 6.12. The molecule has 2 nitrogen and oxygen atoms in total. The highest BCUT2D eigenvalue weighted by atomic mass is 79.9. The van der Waals surface area contributed by atoms with Gasteiger partial charge in [-0.2, -0.15) is 0 Å². The molecular formula is C14H12BrF2NO. The number of ether oxygens (including phenoxy) is 1. The Kier molecular flexibility index (Phi) is 4.50. The fourth-order valence-corrected chi connectivity index (χ4v) is 1.89. The molecule has 0 aliphatic heterocycles. The SMILES string of the molecule is NCC(Oc1ccc(Br)c(F)c1)c1ccc(F)cc1. The van der Waals surface area contributed by atoms with Crippen molar-refractivity contribution in [3.05, 3.63) is 64.1 Å². The molecule has 0 aliphatic rings. The molecule has 0 spiro atoms. The van der Waals surface area contributed by atoms with Gasteiger partial charge in [-0.1, -0.05) is 12.1 Å². The Morgan fingerprint density at radius 2 is 1.79 bits per heavy atom. The smallest absolute Gasteiger partial charge is 0.141 e. The first-order chi connectivity index (χ1) is 9.10. The lowest BCUT2D eigenvalue weighted by atomic mass is 10.1. The first kappa shape index (κ1) is 14.0. The van der Waals surface area contributed by atoms with E-state index in [4.69, 9.17) is 10.5 Å². The van der Waals surface area contributed by atoms with Crippen LogP contribution < -0.4 is 10.5 Å². The minimum atomic E-state index is -0.443. The van der Waals surface area contributed by atoms with E-state index in [1.807, 2.05) is 0 Å². The second-order valence-corrected chi connectivity index (χ2v) is 4.82. The van der Waals surface area contributed by atoms with Crippen molar-refractivity contribution in [3.63, 3.8) is 0 Å². The van der Waals surface area contributed by atoms with Crippen LogP contribution in [0.25, 0.3) is 0 Å². The Bertz CT molecular complexity index is 560. The molecule has 2 rings (SSSR count). The third-order valence-corrected chi connectivity index (χ3v) is 3.27. The Labute approximate surface area is 118 Å². The lowest BCUT2D eigenvalue weighted by molar-refractivity contribution is 0.213. The Morgan fingerprint density at radius 3 is 2.37 bits per heavy atom. The lowest BCUT2D eigenvalue weighted by Crippen LogP contribution is -2.18. The van der Waals surface area contributed by atoms with Crippen molar-refractivity contribution in [2.45, 2.75) is 6.10 Å². The zero-order chi connectivity index (χ0) is 13.8. The average molecular weight is 328 g/mol. The number of benzene rings is 2. The first-order valence-corrected chi connectivity index (χ1v) is 6.46. The van der Waals surface area contributed by atoms with Gasteiger partial charge in [-0.3, -0.25) is 0 Å². The number of rotatable bonds is 4. The van der Waals surface area contributed by atoms with E-state index in [0.717, 1.165) is 5.56 Å². The van der Waals surface area contributed by atoms with Crippen LogP contribution in [0, 0.1) is 11.6 Å². The predicted octanol–water partition coefficient (Wildman–Crippen LogP) is 3.81. The normalized spacial score (nSPS) is 12.2. The van der Waals surface area contributed by atoms with E-state index in [2.05, 4.69) is 15.9 Å². The van der Waals surface area contributed by atoms with E-state index in [1.165, 1.54) is 18.2 Å². The number of hydrogen-bond acceptors (Lipinski definition) is 2. The zero-order valence-corrected chi connectivity index (χ0v) is 11.5. The molecule has 100 valence electrons. The topological polar surface area (TPSA) is 35.2 Å². The summed E-state index contributed by atoms with van der Waals surface area (Å²) in [6.07, 6.45) is -0.443. The molecule has 19 heavy (non-hydrogen) atoms. The molecule has 5 heteroatoms. The summed E-state index contributed by atoms with van der Waals surface area (Å²) in [4.78, 5) is 0. The van der Waals surface area contributed by atoms with E-state index in [0.29, 0.717) is 10.2 Å². The van der Waals surface area contributed by atoms with Gasteiger partial charge in [0.25, 0.3) is 0 Å². The van der Waals surface area contributed by atoms with Crippen molar-refractivity contribution in [2.75, 3.05) is 6.54 Å². The van der Waals surface area contributed by atoms with Crippen molar-refractivity contribution in [1.29, 1.82) is 0 Å². The van der Waals surface area contributed by atoms with Gasteiger partial charge in [0.2, 0.25) is 0 Å². The maximum atomic E-state index is 13.4. The van der Waals surface area contributed by atoms with Gasteiger partial charge in [0.1, 0.15) is 23.5 Å². The molecule has 0 fully saturated rings. The van der Waals surface area contributed by atoms with Gasteiger partial charge in [-0.05, 0) is 45.8 Å². The molecule has 0 saturated carbocycles. The fraction of sp³-hybridized carbons (Fsp3) is 0.143. The van der Waals surface area contributed by atoms with Gasteiger partial charge in [0.05, 0.1) is 4.47 Å². The van der Waals surface area contributed by atoms with Crippen molar-refractivity contribution >= 4 is 15.9 Å². The number of hydrogen-bond donors (Lipinski definition) is 1. The van der Waals surface area contributed by atoms with Crippen LogP contribution in [0.4, 0.5) is 8.78 Å². The predicted molar refractivity (Wildman–Crippen MR) is 72.9 cm³/mol. The van der Waals surface area contributed by atoms with Crippen LogP contribution in [0.2, 0.25) is 0 Å². The second-order valence-electron chi connectivity index (χ2n) is 3.97. The van der Waals surface area contributed by atoms with Gasteiger partial charge in [0.15, 0.2) is 0 Å². The molecule has 1 unspecified atom stereocenters. The maximum absolute atomic E-state index is 13.4. The molecule has 0 amide bonds. The van der Waals surface area contributed by atoms with Gasteiger partial charge in [-0.15, -0.1) is 0 Å². The van der Waals surface area contributed by atoms with E-state index < -0.39 is 11.9 Å². The summed E-state index contributed by atoms with van der Waals surface area (Å²) < 4.78 is 32.2. The summed E-state index contributed by atoms with van der Waals surface area (Å²) in [6.45, 7) is 0.212. The maximum Gasteiger partial charge on any atom is 0.141 e. The molecule has 2 N–H and O–H groups in total. The Morgan fingerprint density at radius 1 is 1.11 bits per heavy atom. The zero-order valence-electron chi connectivity index (χ0n) is 9.95. The highest BCUT2D eigenvalue weighted by Gasteiger charge is 2.12. The largest absolute Gasteiger partial charge is 0.484 e. The molecule has 2 aromatic rings. The molecule has 0 aromatic heterocycles. The van der Waals surface area contributed by atoms with Crippen LogP contribution in [-0.4, -0.2) is 6.54 Å². The van der Waals surface area contributed by atoms with Crippen LogP contribution in [0.1, 0.15) is 11.7 Å². The van der Waals surface area contributed by atoms with E-state index >= 15 is 0 Å². The minimum absolute atomic E-state index is 0.212. The quantitative estimate of drug-likeness (QED) is 0.926. The van der Waals surface area contributed by atoms with Gasteiger partial charge >= 0.3 is 0 Å². The lowest BCUT2D eigenvalue weighted by Gasteiger charge is -2.18. The first-order valence-electron chi connectivity index (χ1n) is 5.67. The summed E-state index contributed by atoms with van der Waals surface area (Å²) in [5, 5.41) is 0. The molecular weight excluding hydrogens is 316 g/mol. The number of halogens is 3. The van der Waals surface area contributed by atoms with E-state index in [-0.39, 0.29) is 12.4 Å². The average Bonchev–Trinajstić information content (AvgIpc) is 2.41. The van der Waals surface area contributed by atoms with Crippen molar-refractivity contribution in [3.8, 4) is 5.75 Å². The van der Waals surface area contributed by atoms with Gasteiger partial charge < -0.3 is 10.5 Å². The van der Waals surface area contributed by atoms with Crippen LogP contribution in [0.5, 0.6) is 5.75 Å². The highest BCUT2D eigenvalue weighted by Crippen LogP contribution is 2.25. The minimum Gasteiger partial charge on any atom is -0.484 e. The van der Waals surface area contributed by atoms with Gasteiger partial charge in [0, 0.05) is 12.6 Å². The molecule has 2 aromatic carbocycles. The third-order valence-electron chi connectivity index (χ3n) is 2.63. The van der Waals surface area contributed by atoms with Gasteiger partial charge in [-0.25, -0.2) is 8.78 Å². The van der Waals surface area contributed by atoms with E-state index in [1.54, 1.807) is 24.3 Å². The monoisotopic (exact) mass is 327 g/mol. The standard InChI is InChI=1S/C14H12BrF2NO/c15-12-6-5-11(7-13(12)17)19-14(8-18)9-1-3-10(16)4-2-9/h1-7,14H,8,18H2. The van der Waals surface area contributed by atoms with Crippen molar-refractivity contribution in [1.82, 2.24) is 0 Å². The third kappa shape index (κ3) is 3.52. The van der Waals surface area contributed by atoms with Crippen LogP contribution in [0.3, 0.4) is 0 Å². The molecule has 0 radical (unpaired) electrons. The van der Waals surface area contributed by atoms with Crippen LogP contribution in [0.15, 0.2) is 46.9 Å². The Hall–Kier alpha value is -1.46. The summed E-state index contributed by atoms with van der Waals surface area (Å²) in [7, 11) is 0. The molecule has 0 saturated heterocycles. The highest BCUT2D eigenvalue weighted by molar-refractivity contribution is 9.10. The molecule has 0 bridgehead atoms. The summed E-state index contributed by atoms with van der Waals surface area (Å²) in [6, 6.07) is 10.3. The summed E-state index contributed by atoms with van der Waals surface area (Å²) in [5.41, 5.74) is 6.38. The van der Waals surface area contributed by atoms with E-state index in [9.17, 15) is 8.78 Å².